The third kappa shape index (κ3) is 10.7. The van der Waals surface area contributed by atoms with Crippen LogP contribution in [-0.2, 0) is 27.1 Å². The molecule has 0 spiro atoms. The third-order valence-electron chi connectivity index (χ3n) is 19.2. The molecule has 1 aromatic heterocycles. The van der Waals surface area contributed by atoms with E-state index in [1.807, 2.05) is 0 Å². The minimum absolute atomic E-state index is 0.0856. The predicted octanol–water partition coefficient (Wildman–Crippen LogP) is 23.1. The van der Waals surface area contributed by atoms with Gasteiger partial charge >= 0.3 is 0 Å². The van der Waals surface area contributed by atoms with E-state index in [-0.39, 0.29) is 33.8 Å². The van der Waals surface area contributed by atoms with Gasteiger partial charge in [0.15, 0.2) is 0 Å². The summed E-state index contributed by atoms with van der Waals surface area (Å²) in [6, 6.07) is 84.9. The van der Waals surface area contributed by atoms with Crippen LogP contribution in [0, 0.1) is 0 Å². The van der Waals surface area contributed by atoms with Gasteiger partial charge in [-0.15, -0.1) is 0 Å². The maximum Gasteiger partial charge on any atom is 0.252 e. The molecule has 0 unspecified atom stereocenters. The molecule has 0 N–H and O–H groups in total. The summed E-state index contributed by atoms with van der Waals surface area (Å²) >= 11 is 7.53. The number of furan rings is 1. The highest BCUT2D eigenvalue weighted by atomic mass is 35.5. The lowest BCUT2D eigenvalue weighted by Crippen LogP contribution is -2.61. The van der Waals surface area contributed by atoms with Crippen molar-refractivity contribution in [1.82, 2.24) is 0 Å². The van der Waals surface area contributed by atoms with E-state index < -0.39 is 0 Å². The zero-order valence-electron chi connectivity index (χ0n) is 55.6. The van der Waals surface area contributed by atoms with E-state index in [0.717, 1.165) is 101 Å². The minimum atomic E-state index is -0.219. The summed E-state index contributed by atoms with van der Waals surface area (Å²) in [6.07, 6.45) is 0. The first-order chi connectivity index (χ1) is 43.2. The van der Waals surface area contributed by atoms with Crippen LogP contribution in [0.25, 0.3) is 77.6 Å². The molecule has 2 aliphatic heterocycles. The average Bonchev–Trinajstić information content (AvgIpc) is 1.12. The molecule has 91 heavy (non-hydrogen) atoms. The van der Waals surface area contributed by atoms with Crippen LogP contribution in [0.15, 0.2) is 229 Å². The van der Waals surface area contributed by atoms with E-state index in [4.69, 9.17) is 16.0 Å². The van der Waals surface area contributed by atoms with E-state index in [1.54, 1.807) is 0 Å². The SMILES string of the molecule is CC(C)(C)c1cc(-c2ccc3c(c2)N(c2cc(-c4ccccc4)cc4oc5ccccc5c24)c2cc(-c4cc(C(C)(C)C)cc(C(C)(C)C)c4)cc4c2B3c2ccc(Cl)cc2N4c2c(-c3ccccc3)cc(C(C)(C)C)cc2-c2ccccc2)cc(C(C)(C)C)c1. The molecular formula is C86H82BClN2O. The molecule has 0 fully saturated rings. The number of hydrogen-bond donors (Lipinski definition) is 0. The minimum Gasteiger partial charge on any atom is -0.456 e. The Labute approximate surface area is 545 Å². The molecule has 3 heterocycles. The Bertz CT molecular complexity index is 4720. The lowest BCUT2D eigenvalue weighted by atomic mass is 9.33. The molecule has 0 bridgehead atoms. The van der Waals surface area contributed by atoms with Gasteiger partial charge in [0, 0.05) is 44.3 Å². The number of nitrogens with zero attached hydrogens (tertiary/aromatic N) is 2. The highest BCUT2D eigenvalue weighted by Crippen LogP contribution is 2.55. The first-order valence-corrected chi connectivity index (χ1v) is 32.9. The molecular weight excluding hydrogens is 1120 g/mol. The van der Waals surface area contributed by atoms with Gasteiger partial charge in [-0.05, 0) is 176 Å². The normalized spacial score (nSPS) is 13.4. The predicted molar refractivity (Wildman–Crippen MR) is 393 cm³/mol. The largest absolute Gasteiger partial charge is 0.456 e. The second kappa shape index (κ2) is 21.7. The molecule has 12 aromatic rings. The molecule has 0 amide bonds. The van der Waals surface area contributed by atoms with Gasteiger partial charge in [0.2, 0.25) is 0 Å². The molecule has 0 saturated carbocycles. The fourth-order valence-electron chi connectivity index (χ4n) is 13.9. The van der Waals surface area contributed by atoms with Crippen LogP contribution in [-0.4, -0.2) is 6.71 Å². The third-order valence-corrected chi connectivity index (χ3v) is 19.4. The van der Waals surface area contributed by atoms with Crippen molar-refractivity contribution in [2.24, 2.45) is 0 Å². The van der Waals surface area contributed by atoms with E-state index >= 15 is 0 Å². The maximum atomic E-state index is 7.53. The Kier molecular flexibility index (Phi) is 14.2. The molecule has 5 heteroatoms. The smallest absolute Gasteiger partial charge is 0.252 e. The summed E-state index contributed by atoms with van der Waals surface area (Å²) in [5.74, 6) is 0. The van der Waals surface area contributed by atoms with Crippen molar-refractivity contribution < 1.29 is 4.42 Å². The molecule has 0 aliphatic carbocycles. The Hall–Kier alpha value is -8.83. The van der Waals surface area contributed by atoms with Crippen LogP contribution in [0.3, 0.4) is 0 Å². The van der Waals surface area contributed by atoms with Gasteiger partial charge < -0.3 is 14.2 Å². The van der Waals surface area contributed by atoms with Crippen LogP contribution in [0.1, 0.15) is 132 Å². The number of fused-ring (bicyclic) bond motifs is 7. The summed E-state index contributed by atoms with van der Waals surface area (Å²) in [4.78, 5) is 5.26. The van der Waals surface area contributed by atoms with Crippen molar-refractivity contribution in [3.63, 3.8) is 0 Å². The van der Waals surface area contributed by atoms with Crippen LogP contribution >= 0.6 is 11.6 Å². The van der Waals surface area contributed by atoms with Gasteiger partial charge in [0.25, 0.3) is 6.71 Å². The first-order valence-electron chi connectivity index (χ1n) is 32.5. The summed E-state index contributed by atoms with van der Waals surface area (Å²) in [5.41, 5.74) is 29.1. The number of benzene rings is 11. The molecule has 2 aliphatic rings. The quantitative estimate of drug-likeness (QED) is 0.148. The topological polar surface area (TPSA) is 19.6 Å². The van der Waals surface area contributed by atoms with Crippen LogP contribution in [0.4, 0.5) is 34.1 Å². The highest BCUT2D eigenvalue weighted by Gasteiger charge is 2.46. The lowest BCUT2D eigenvalue weighted by molar-refractivity contribution is 0.568. The Morgan fingerprint density at radius 1 is 0.308 bits per heavy atom. The fraction of sp³-hybridized carbons (Fsp3) is 0.233. The van der Waals surface area contributed by atoms with Crippen LogP contribution < -0.4 is 26.2 Å². The van der Waals surface area contributed by atoms with Gasteiger partial charge in [-0.25, -0.2) is 0 Å². The van der Waals surface area contributed by atoms with Crippen molar-refractivity contribution in [2.75, 3.05) is 9.80 Å². The standard InChI is InChI=1S/C86H82BClN2O/c1-82(2,3)61-39-57(40-62(48-61)83(4,5)6)56-35-37-70-72(43-56)89(74-44-60(53-27-19-16-20-28-53)47-78-79(74)67-33-25-26-34-77(67)91-78)75-45-59(58-41-63(84(7,8)9)49-64(42-58)85(10,11)12)46-76-80(75)87(70)71-38-36-66(88)52-73(71)90(76)81-68(54-29-21-17-22-30-54)50-65(86(13,14)15)51-69(81)55-31-23-18-24-32-55/h16-52H,1-15H3. The monoisotopic (exact) mass is 1200 g/mol. The number of hydrogen-bond acceptors (Lipinski definition) is 3. The first kappa shape index (κ1) is 59.8. The molecule has 3 nitrogen and oxygen atoms in total. The zero-order valence-corrected chi connectivity index (χ0v) is 56.4. The van der Waals surface area contributed by atoms with Gasteiger partial charge in [-0.3, -0.25) is 0 Å². The van der Waals surface area contributed by atoms with Gasteiger partial charge in [0.05, 0.1) is 16.8 Å². The van der Waals surface area contributed by atoms with Crippen LogP contribution in [0.5, 0.6) is 0 Å². The molecule has 11 aromatic carbocycles. The summed E-state index contributed by atoms with van der Waals surface area (Å²) in [7, 11) is 0. The summed E-state index contributed by atoms with van der Waals surface area (Å²) in [5, 5.41) is 2.81. The number of anilines is 6. The van der Waals surface area contributed by atoms with Crippen molar-refractivity contribution in [3.8, 4) is 55.6 Å². The van der Waals surface area contributed by atoms with E-state index in [1.165, 1.54) is 55.3 Å². The number of para-hydroxylation sites is 1. The van der Waals surface area contributed by atoms with Crippen molar-refractivity contribution in [2.45, 2.75) is 131 Å². The Balaban J connectivity index is 1.19. The summed E-state index contributed by atoms with van der Waals surface area (Å²) < 4.78 is 7.09. The maximum absolute atomic E-state index is 7.53. The van der Waals surface area contributed by atoms with Crippen molar-refractivity contribution in [3.05, 3.63) is 257 Å². The van der Waals surface area contributed by atoms with Crippen LogP contribution in [0.2, 0.25) is 5.02 Å². The number of rotatable bonds is 7. The second-order valence-corrected chi connectivity index (χ2v) is 31.3. The lowest BCUT2D eigenvalue weighted by Gasteiger charge is -2.45. The fourth-order valence-corrected chi connectivity index (χ4v) is 14.1. The van der Waals surface area contributed by atoms with Gasteiger partial charge in [0.1, 0.15) is 11.2 Å². The van der Waals surface area contributed by atoms with Gasteiger partial charge in [-0.1, -0.05) is 279 Å². The molecule has 0 radical (unpaired) electrons. The molecule has 452 valence electrons. The van der Waals surface area contributed by atoms with Crippen molar-refractivity contribution in [1.29, 1.82) is 0 Å². The number of halogens is 1. The van der Waals surface area contributed by atoms with E-state index in [9.17, 15) is 0 Å². The molecule has 14 rings (SSSR count). The average molecular weight is 1210 g/mol. The van der Waals surface area contributed by atoms with Gasteiger partial charge in [-0.2, -0.15) is 0 Å². The van der Waals surface area contributed by atoms with E-state index in [0.29, 0.717) is 5.02 Å². The van der Waals surface area contributed by atoms with Crippen molar-refractivity contribution >= 4 is 90.8 Å². The Morgan fingerprint density at radius 2 is 0.703 bits per heavy atom. The zero-order chi connectivity index (χ0) is 63.8. The summed E-state index contributed by atoms with van der Waals surface area (Å²) in [6.45, 7) is 34.9. The van der Waals surface area contributed by atoms with E-state index in [2.05, 4.69) is 338 Å². The molecule has 0 saturated heterocycles. The molecule has 0 atom stereocenters. The highest BCUT2D eigenvalue weighted by molar-refractivity contribution is 7.00. The second-order valence-electron chi connectivity index (χ2n) is 30.8. The Morgan fingerprint density at radius 3 is 1.22 bits per heavy atom.